The summed E-state index contributed by atoms with van der Waals surface area (Å²) in [6, 6.07) is 3.92. The van der Waals surface area contributed by atoms with Crippen LogP contribution in [0.15, 0.2) is 23.1 Å². The van der Waals surface area contributed by atoms with E-state index in [4.69, 9.17) is 10.7 Å². The number of nitrogens with zero attached hydrogens (tertiary/aromatic N) is 1. The van der Waals surface area contributed by atoms with Gasteiger partial charge in [-0.2, -0.15) is 0 Å². The minimum absolute atomic E-state index is 0.0835. The number of imide groups is 1. The van der Waals surface area contributed by atoms with E-state index in [1.807, 2.05) is 0 Å². The highest BCUT2D eigenvalue weighted by molar-refractivity contribution is 8.13. The average molecular weight is 274 g/mol. The van der Waals surface area contributed by atoms with Gasteiger partial charge in [-0.1, -0.05) is 6.07 Å². The maximum absolute atomic E-state index is 11.8. The lowest BCUT2D eigenvalue weighted by molar-refractivity contribution is -0.127. The minimum atomic E-state index is -3.87. The largest absolute Gasteiger partial charge is 0.281 e. The molecule has 90 valence electrons. The smallest absolute Gasteiger partial charge is 0.261 e. The van der Waals surface area contributed by atoms with Gasteiger partial charge in [0.15, 0.2) is 0 Å². The molecule has 0 saturated carbocycles. The van der Waals surface area contributed by atoms with Crippen LogP contribution in [-0.4, -0.2) is 32.2 Å². The Morgan fingerprint density at radius 1 is 1.29 bits per heavy atom. The van der Waals surface area contributed by atoms with Crippen molar-refractivity contribution < 1.29 is 18.0 Å². The fourth-order valence-corrected chi connectivity index (χ4v) is 2.41. The molecule has 1 heterocycles. The van der Waals surface area contributed by atoms with Gasteiger partial charge in [0, 0.05) is 23.3 Å². The van der Waals surface area contributed by atoms with Gasteiger partial charge in [-0.15, -0.1) is 0 Å². The Balaban J connectivity index is 2.61. The van der Waals surface area contributed by atoms with Gasteiger partial charge in [0.1, 0.15) is 0 Å². The normalized spacial score (nSPS) is 16.0. The first-order valence-corrected chi connectivity index (χ1v) is 7.00. The maximum Gasteiger partial charge on any atom is 0.261 e. The molecule has 0 aliphatic carbocycles. The molecule has 0 fully saturated rings. The molecule has 2 amide bonds. The number of rotatable bonds is 1. The number of carbonyl (C=O) groups excluding carboxylic acids is 2. The molecule has 0 N–H and O–H groups in total. The molecule has 0 spiro atoms. The number of hydrogen-bond acceptors (Lipinski definition) is 4. The van der Waals surface area contributed by atoms with Crippen LogP contribution in [0.2, 0.25) is 0 Å². The molecule has 5 nitrogen and oxygen atoms in total. The van der Waals surface area contributed by atoms with Gasteiger partial charge < -0.3 is 0 Å². The van der Waals surface area contributed by atoms with Gasteiger partial charge in [0.05, 0.1) is 11.3 Å². The van der Waals surface area contributed by atoms with E-state index in [0.717, 1.165) is 4.90 Å². The topological polar surface area (TPSA) is 71.5 Å². The predicted molar refractivity (Wildman–Crippen MR) is 60.3 cm³/mol. The van der Waals surface area contributed by atoms with Crippen molar-refractivity contribution in [2.45, 2.75) is 11.3 Å². The summed E-state index contributed by atoms with van der Waals surface area (Å²) in [5, 5.41) is 0. The second kappa shape index (κ2) is 3.82. The molecule has 2 rings (SSSR count). The van der Waals surface area contributed by atoms with Gasteiger partial charge in [-0.05, 0) is 17.7 Å². The van der Waals surface area contributed by atoms with Crippen LogP contribution in [0.5, 0.6) is 0 Å². The highest BCUT2D eigenvalue weighted by atomic mass is 35.7. The van der Waals surface area contributed by atoms with Gasteiger partial charge in [-0.3, -0.25) is 14.5 Å². The minimum Gasteiger partial charge on any atom is -0.281 e. The average Bonchev–Trinajstić information content (AvgIpc) is 2.24. The van der Waals surface area contributed by atoms with E-state index >= 15 is 0 Å². The lowest BCUT2D eigenvalue weighted by Gasteiger charge is -2.23. The third kappa shape index (κ3) is 2.05. The second-order valence-electron chi connectivity index (χ2n) is 3.69. The highest BCUT2D eigenvalue weighted by Gasteiger charge is 2.29. The number of likely N-dealkylation sites (N-methyl/N-ethyl adjacent to an activating group) is 1. The van der Waals surface area contributed by atoms with Gasteiger partial charge in [0.2, 0.25) is 5.91 Å². The summed E-state index contributed by atoms with van der Waals surface area (Å²) < 4.78 is 22.3. The van der Waals surface area contributed by atoms with Gasteiger partial charge in [-0.25, -0.2) is 8.42 Å². The van der Waals surface area contributed by atoms with Crippen molar-refractivity contribution in [2.24, 2.45) is 0 Å². The Labute approximate surface area is 102 Å². The van der Waals surface area contributed by atoms with Crippen LogP contribution < -0.4 is 0 Å². The van der Waals surface area contributed by atoms with E-state index in [0.29, 0.717) is 5.56 Å². The fraction of sp³-hybridized carbons (Fsp3) is 0.200. The van der Waals surface area contributed by atoms with Crippen LogP contribution in [0.25, 0.3) is 0 Å². The summed E-state index contributed by atoms with van der Waals surface area (Å²) >= 11 is 0. The first-order chi connectivity index (χ1) is 7.80. The quantitative estimate of drug-likeness (QED) is 0.560. The van der Waals surface area contributed by atoms with Crippen LogP contribution in [0, 0.1) is 0 Å². The molecular weight excluding hydrogens is 266 g/mol. The zero-order valence-corrected chi connectivity index (χ0v) is 10.4. The molecule has 1 aromatic carbocycles. The van der Waals surface area contributed by atoms with Crippen molar-refractivity contribution >= 4 is 31.5 Å². The lowest BCUT2D eigenvalue weighted by Crippen LogP contribution is -2.39. The molecule has 0 bridgehead atoms. The molecule has 17 heavy (non-hydrogen) atoms. The first kappa shape index (κ1) is 12.1. The summed E-state index contributed by atoms with van der Waals surface area (Å²) in [7, 11) is 2.68. The number of fused-ring (bicyclic) bond motifs is 1. The van der Waals surface area contributed by atoms with Crippen LogP contribution in [0.1, 0.15) is 15.9 Å². The van der Waals surface area contributed by atoms with Crippen LogP contribution in [-0.2, 0) is 20.3 Å². The Kier molecular flexibility index (Phi) is 2.71. The SMILES string of the molecule is CN1C(=O)Cc2ccc(S(=O)(=O)Cl)cc2C1=O. The van der Waals surface area contributed by atoms with Gasteiger partial charge >= 0.3 is 0 Å². The molecule has 1 aromatic rings. The summed E-state index contributed by atoms with van der Waals surface area (Å²) in [5.41, 5.74) is 0.719. The maximum atomic E-state index is 11.8. The molecular formula is C10H8ClNO4S. The number of hydrogen-bond donors (Lipinski definition) is 0. The van der Waals surface area contributed by atoms with Crippen LogP contribution in [0.4, 0.5) is 0 Å². The Morgan fingerprint density at radius 2 is 1.94 bits per heavy atom. The zero-order chi connectivity index (χ0) is 12.8. The van der Waals surface area contributed by atoms with E-state index in [1.54, 1.807) is 0 Å². The Hall–Kier alpha value is -1.40. The standard InChI is InChI=1S/C10H8ClNO4S/c1-12-9(13)4-6-2-3-7(17(11,15)16)5-8(6)10(12)14/h2-3,5H,4H2,1H3. The molecule has 1 aliphatic rings. The van der Waals surface area contributed by atoms with Crippen molar-refractivity contribution in [3.8, 4) is 0 Å². The van der Waals surface area contributed by atoms with Crippen molar-refractivity contribution in [3.63, 3.8) is 0 Å². The fourth-order valence-electron chi connectivity index (χ4n) is 1.64. The van der Waals surface area contributed by atoms with Crippen LogP contribution >= 0.6 is 10.7 Å². The number of carbonyl (C=O) groups is 2. The molecule has 0 radical (unpaired) electrons. The summed E-state index contributed by atoms with van der Waals surface area (Å²) in [6.45, 7) is 0. The molecule has 0 atom stereocenters. The third-order valence-electron chi connectivity index (χ3n) is 2.61. The van der Waals surface area contributed by atoms with E-state index in [9.17, 15) is 18.0 Å². The lowest BCUT2D eigenvalue weighted by atomic mass is 9.99. The monoisotopic (exact) mass is 273 g/mol. The molecule has 1 aliphatic heterocycles. The summed E-state index contributed by atoms with van der Waals surface area (Å²) in [6.07, 6.45) is 0.0835. The molecule has 7 heteroatoms. The van der Waals surface area contributed by atoms with E-state index < -0.39 is 15.0 Å². The van der Waals surface area contributed by atoms with E-state index in [-0.39, 0.29) is 22.8 Å². The van der Waals surface area contributed by atoms with Crippen molar-refractivity contribution in [3.05, 3.63) is 29.3 Å². The molecule has 0 unspecified atom stereocenters. The van der Waals surface area contributed by atoms with Crippen molar-refractivity contribution in [1.29, 1.82) is 0 Å². The zero-order valence-electron chi connectivity index (χ0n) is 8.81. The third-order valence-corrected chi connectivity index (χ3v) is 3.97. The van der Waals surface area contributed by atoms with E-state index in [2.05, 4.69) is 0 Å². The van der Waals surface area contributed by atoms with Crippen molar-refractivity contribution in [1.82, 2.24) is 4.90 Å². The van der Waals surface area contributed by atoms with E-state index in [1.165, 1.54) is 25.2 Å². The summed E-state index contributed by atoms with van der Waals surface area (Å²) in [5.74, 6) is -0.831. The molecule has 0 saturated heterocycles. The first-order valence-electron chi connectivity index (χ1n) is 4.69. The number of halogens is 1. The number of benzene rings is 1. The van der Waals surface area contributed by atoms with Gasteiger partial charge in [0.25, 0.3) is 15.0 Å². The molecule has 0 aromatic heterocycles. The number of amides is 2. The van der Waals surface area contributed by atoms with Crippen molar-refractivity contribution in [2.75, 3.05) is 7.05 Å². The predicted octanol–water partition coefficient (Wildman–Crippen LogP) is 0.769. The Bertz CT molecular complexity index is 623. The summed E-state index contributed by atoms with van der Waals surface area (Å²) in [4.78, 5) is 24.0. The second-order valence-corrected chi connectivity index (χ2v) is 6.26. The van der Waals surface area contributed by atoms with Crippen LogP contribution in [0.3, 0.4) is 0 Å². The highest BCUT2D eigenvalue weighted by Crippen LogP contribution is 2.24. The Morgan fingerprint density at radius 3 is 2.53 bits per heavy atom.